The first-order chi connectivity index (χ1) is 13.4. The zero-order valence-corrected chi connectivity index (χ0v) is 16.2. The minimum atomic E-state index is -1.88. The maximum atomic E-state index is 14.9. The first-order valence-electron chi connectivity index (χ1n) is 9.04. The smallest absolute Gasteiger partial charge is 0.191 e. The summed E-state index contributed by atoms with van der Waals surface area (Å²) in [5.74, 6) is -1.96. The van der Waals surface area contributed by atoms with E-state index in [2.05, 4.69) is 17.9 Å². The highest BCUT2D eigenvalue weighted by Gasteiger charge is 2.55. The maximum Gasteiger partial charge on any atom is 0.191 e. The Morgan fingerprint density at radius 2 is 2.04 bits per heavy atom. The van der Waals surface area contributed by atoms with E-state index in [1.54, 1.807) is 0 Å². The molecule has 1 aliphatic heterocycles. The van der Waals surface area contributed by atoms with Crippen molar-refractivity contribution in [3.05, 3.63) is 57.5 Å². The second-order valence-electron chi connectivity index (χ2n) is 7.07. The van der Waals surface area contributed by atoms with Gasteiger partial charge >= 0.3 is 0 Å². The highest BCUT2D eigenvalue weighted by atomic mass is 35.5. The van der Waals surface area contributed by atoms with Gasteiger partial charge in [0.15, 0.2) is 5.41 Å². The third kappa shape index (κ3) is 2.85. The van der Waals surface area contributed by atoms with Crippen molar-refractivity contribution in [2.24, 2.45) is 17.1 Å². The van der Waals surface area contributed by atoms with Crippen molar-refractivity contribution in [2.45, 2.75) is 19.3 Å². The molecule has 0 saturated carbocycles. The van der Waals surface area contributed by atoms with Crippen molar-refractivity contribution < 1.29 is 4.39 Å². The van der Waals surface area contributed by atoms with Crippen LogP contribution in [0.1, 0.15) is 24.8 Å². The molecule has 2 N–H and O–H groups in total. The molecule has 0 spiro atoms. The molecule has 1 aromatic rings. The molecule has 28 heavy (non-hydrogen) atoms. The van der Waals surface area contributed by atoms with Crippen LogP contribution in [0.4, 0.5) is 4.39 Å². The van der Waals surface area contributed by atoms with Crippen LogP contribution in [0.3, 0.4) is 0 Å². The van der Waals surface area contributed by atoms with Gasteiger partial charge in [-0.25, -0.2) is 4.39 Å². The molecule has 1 aromatic carbocycles. The van der Waals surface area contributed by atoms with Crippen molar-refractivity contribution in [1.82, 2.24) is 4.90 Å². The van der Waals surface area contributed by atoms with Crippen molar-refractivity contribution in [3.8, 4) is 18.2 Å². The summed E-state index contributed by atoms with van der Waals surface area (Å²) in [5, 5.41) is 29.8. The van der Waals surface area contributed by atoms with Crippen LogP contribution in [0.2, 0.25) is 5.02 Å². The Balaban J connectivity index is 2.34. The lowest BCUT2D eigenvalue weighted by atomic mass is 9.58. The van der Waals surface area contributed by atoms with Gasteiger partial charge in [-0.2, -0.15) is 15.8 Å². The number of allylic oxidation sites excluding steroid dienone is 2. The van der Waals surface area contributed by atoms with Gasteiger partial charge in [0, 0.05) is 35.5 Å². The van der Waals surface area contributed by atoms with E-state index in [1.165, 1.54) is 18.2 Å². The second-order valence-corrected chi connectivity index (χ2v) is 7.48. The molecule has 5 nitrogen and oxygen atoms in total. The lowest BCUT2D eigenvalue weighted by molar-refractivity contribution is 0.205. The van der Waals surface area contributed by atoms with E-state index in [0.29, 0.717) is 18.7 Å². The van der Waals surface area contributed by atoms with Crippen molar-refractivity contribution in [2.75, 3.05) is 19.6 Å². The van der Waals surface area contributed by atoms with Gasteiger partial charge < -0.3 is 5.73 Å². The fraction of sp³-hybridized carbons (Fsp3) is 0.381. The van der Waals surface area contributed by atoms with E-state index in [4.69, 9.17) is 17.3 Å². The number of nitrogens with two attached hydrogens (primary N) is 1. The molecule has 2 atom stereocenters. The van der Waals surface area contributed by atoms with Crippen molar-refractivity contribution >= 4 is 11.6 Å². The van der Waals surface area contributed by atoms with E-state index < -0.39 is 23.1 Å². The number of nitrogens with zero attached hydrogens (tertiary/aromatic N) is 4. The normalized spacial score (nSPS) is 23.8. The molecule has 1 heterocycles. The number of benzene rings is 1. The van der Waals surface area contributed by atoms with Crippen LogP contribution in [0.25, 0.3) is 0 Å². The van der Waals surface area contributed by atoms with Crippen LogP contribution in [-0.2, 0) is 0 Å². The van der Waals surface area contributed by atoms with Crippen molar-refractivity contribution in [3.63, 3.8) is 0 Å². The molecule has 0 radical (unpaired) electrons. The summed E-state index contributed by atoms with van der Waals surface area (Å²) in [4.78, 5) is 2.16. The van der Waals surface area contributed by atoms with Crippen LogP contribution in [-0.4, -0.2) is 24.5 Å². The van der Waals surface area contributed by atoms with E-state index >= 15 is 0 Å². The predicted molar refractivity (Wildman–Crippen MR) is 103 cm³/mol. The molecule has 0 unspecified atom stereocenters. The summed E-state index contributed by atoms with van der Waals surface area (Å²) >= 11 is 6.34. The van der Waals surface area contributed by atoms with Gasteiger partial charge in [-0.05, 0) is 30.7 Å². The molecule has 0 bridgehead atoms. The fourth-order valence-corrected chi connectivity index (χ4v) is 4.64. The van der Waals surface area contributed by atoms with Crippen molar-refractivity contribution in [1.29, 1.82) is 15.8 Å². The number of hydrogen-bond acceptors (Lipinski definition) is 5. The highest BCUT2D eigenvalue weighted by Crippen LogP contribution is 2.55. The number of nitriles is 3. The monoisotopic (exact) mass is 395 g/mol. The van der Waals surface area contributed by atoms with Crippen LogP contribution in [0.5, 0.6) is 0 Å². The number of fused-ring (bicyclic) bond motifs is 1. The largest absolute Gasteiger partial charge is 0.399 e. The molecular weight excluding hydrogens is 377 g/mol. The fourth-order valence-electron chi connectivity index (χ4n) is 4.36. The Hall–Kier alpha value is -2.85. The summed E-state index contributed by atoms with van der Waals surface area (Å²) < 4.78 is 14.9. The van der Waals surface area contributed by atoms with E-state index in [0.717, 1.165) is 13.0 Å². The summed E-state index contributed by atoms with van der Waals surface area (Å²) in [5.41, 5.74) is 5.11. The van der Waals surface area contributed by atoms with Gasteiger partial charge in [-0.3, -0.25) is 4.90 Å². The maximum absolute atomic E-state index is 14.9. The minimum absolute atomic E-state index is 0.0986. The third-order valence-electron chi connectivity index (χ3n) is 5.59. The van der Waals surface area contributed by atoms with Crippen LogP contribution in [0, 0.1) is 51.1 Å². The minimum Gasteiger partial charge on any atom is -0.399 e. The zero-order valence-electron chi connectivity index (χ0n) is 15.4. The molecular formula is C21H19ClFN5. The molecule has 1 aliphatic carbocycles. The highest BCUT2D eigenvalue weighted by molar-refractivity contribution is 6.31. The Bertz CT molecular complexity index is 957. The Labute approximate surface area is 168 Å². The Kier molecular flexibility index (Phi) is 5.43. The third-order valence-corrected chi connectivity index (χ3v) is 5.92. The second kappa shape index (κ2) is 7.64. The first kappa shape index (κ1) is 19.9. The van der Waals surface area contributed by atoms with Gasteiger partial charge in [-0.15, -0.1) is 0 Å². The molecule has 142 valence electrons. The molecule has 0 fully saturated rings. The number of halogens is 2. The van der Waals surface area contributed by atoms with Gasteiger partial charge in [0.25, 0.3) is 0 Å². The average molecular weight is 396 g/mol. The predicted octanol–water partition coefficient (Wildman–Crippen LogP) is 3.61. The molecule has 3 rings (SSSR count). The molecule has 0 saturated heterocycles. The quantitative estimate of drug-likeness (QED) is 0.842. The topological polar surface area (TPSA) is 101 Å². The molecule has 0 aromatic heterocycles. The summed E-state index contributed by atoms with van der Waals surface area (Å²) in [7, 11) is 0. The van der Waals surface area contributed by atoms with Crippen LogP contribution >= 0.6 is 11.6 Å². The Morgan fingerprint density at radius 3 is 2.61 bits per heavy atom. The average Bonchev–Trinajstić information content (AvgIpc) is 2.69. The Morgan fingerprint density at radius 1 is 1.32 bits per heavy atom. The van der Waals surface area contributed by atoms with E-state index in [9.17, 15) is 20.2 Å². The van der Waals surface area contributed by atoms with Gasteiger partial charge in [0.05, 0.1) is 23.4 Å². The summed E-state index contributed by atoms with van der Waals surface area (Å²) in [6, 6.07) is 10.3. The SMILES string of the molecule is CCCN1CC=C2C(C#N)=C(N)C(C#N)(C#N)[C@@H](c3c(F)cccc3Cl)[C@@H]2C1. The lowest BCUT2D eigenvalue weighted by Gasteiger charge is -2.45. The lowest BCUT2D eigenvalue weighted by Crippen LogP contribution is -2.48. The van der Waals surface area contributed by atoms with Gasteiger partial charge in [0.1, 0.15) is 11.9 Å². The van der Waals surface area contributed by atoms with E-state index in [1.807, 2.05) is 18.2 Å². The van der Waals surface area contributed by atoms with E-state index in [-0.39, 0.29) is 21.9 Å². The number of rotatable bonds is 3. The first-order valence-corrected chi connectivity index (χ1v) is 9.42. The summed E-state index contributed by atoms with van der Waals surface area (Å²) in [6.45, 7) is 3.98. The number of hydrogen-bond donors (Lipinski definition) is 1. The molecule has 7 heteroatoms. The zero-order chi connectivity index (χ0) is 20.5. The van der Waals surface area contributed by atoms with Gasteiger partial charge in [0.2, 0.25) is 0 Å². The standard InChI is InChI=1S/C21H19ClFN5/c1-2-7-28-8-6-13-14(9-24)20(27)21(11-25,12-26)19(15(13)10-28)18-16(22)4-3-5-17(18)23/h3-6,15,19H,2,7-8,10,27H2,1H3/t15-,19-/m1/s1. The summed E-state index contributed by atoms with van der Waals surface area (Å²) in [6.07, 6.45) is 2.82. The molecule has 2 aliphatic rings. The van der Waals surface area contributed by atoms with Gasteiger partial charge in [-0.1, -0.05) is 30.7 Å². The van der Waals surface area contributed by atoms with Crippen LogP contribution < -0.4 is 5.73 Å². The van der Waals surface area contributed by atoms with Crippen LogP contribution in [0.15, 0.2) is 41.1 Å². The molecule has 0 amide bonds.